The number of anilines is 1. The van der Waals surface area contributed by atoms with Gasteiger partial charge >= 0.3 is 12.0 Å². The summed E-state index contributed by atoms with van der Waals surface area (Å²) in [6.07, 6.45) is 0.730. The average molecular weight is 563 g/mol. The smallest absolute Gasteiger partial charge is 0.325 e. The molecule has 3 aromatic rings. The molecular formula is C26H28Cl2N4O6. The van der Waals surface area contributed by atoms with E-state index in [2.05, 4.69) is 15.6 Å². The maximum Gasteiger partial charge on any atom is 0.325 e. The number of amides is 2. The zero-order valence-electron chi connectivity index (χ0n) is 20.6. The fraction of sp³-hybridized carbons (Fsp3) is 0.346. The molecule has 38 heavy (non-hydrogen) atoms. The molecule has 2 aromatic carbocycles. The summed E-state index contributed by atoms with van der Waals surface area (Å²) < 4.78 is 19.2. The van der Waals surface area contributed by atoms with Gasteiger partial charge < -0.3 is 34.5 Å². The van der Waals surface area contributed by atoms with E-state index >= 15 is 0 Å². The number of esters is 1. The third-order valence-corrected chi connectivity index (χ3v) is 6.63. The highest BCUT2D eigenvalue weighted by Gasteiger charge is 2.33. The summed E-state index contributed by atoms with van der Waals surface area (Å²) in [4.78, 5) is 27.8. The van der Waals surface area contributed by atoms with Crippen LogP contribution in [0.5, 0.6) is 0 Å². The lowest BCUT2D eigenvalue weighted by molar-refractivity contribution is -0.252. The van der Waals surface area contributed by atoms with Crippen LogP contribution in [0.4, 0.5) is 10.5 Å². The number of carbonyl (C=O) groups is 2. The Balaban J connectivity index is 1.51. The number of nitrogens with one attached hydrogen (secondary N) is 2. The predicted octanol–water partition coefficient (Wildman–Crippen LogP) is 4.61. The molecule has 12 heteroatoms. The molecule has 0 aliphatic carbocycles. The van der Waals surface area contributed by atoms with Gasteiger partial charge in [-0.25, -0.2) is 9.78 Å². The quantitative estimate of drug-likeness (QED) is 0.325. The lowest BCUT2D eigenvalue weighted by atomic mass is 10.00. The van der Waals surface area contributed by atoms with Crippen LogP contribution in [0.2, 0.25) is 10.3 Å². The number of aliphatic hydroxyl groups is 1. The molecule has 1 aliphatic rings. The SMILES string of the molecule is CCOC(=O)CNC(=O)Nc1cccc(C2OC(Cn3cnc(Cl)c3Cl)CC(c3ccc(CO)cc3)O2)c1. The minimum atomic E-state index is -0.751. The Morgan fingerprint density at radius 1 is 1.16 bits per heavy atom. The predicted molar refractivity (Wildman–Crippen MR) is 141 cm³/mol. The Labute approximate surface area is 229 Å². The van der Waals surface area contributed by atoms with Crippen LogP contribution < -0.4 is 10.6 Å². The van der Waals surface area contributed by atoms with Crippen LogP contribution in [-0.4, -0.2) is 45.9 Å². The molecule has 0 spiro atoms. The van der Waals surface area contributed by atoms with Crippen molar-refractivity contribution in [3.05, 3.63) is 81.9 Å². The number of carbonyl (C=O) groups excluding carboxylic acids is 2. The van der Waals surface area contributed by atoms with E-state index in [4.69, 9.17) is 37.4 Å². The molecule has 1 aromatic heterocycles. The topological polar surface area (TPSA) is 124 Å². The Hall–Kier alpha value is -3.15. The normalized spacial score (nSPS) is 19.1. The van der Waals surface area contributed by atoms with Crippen molar-refractivity contribution < 1.29 is 28.9 Å². The van der Waals surface area contributed by atoms with Gasteiger partial charge in [-0.15, -0.1) is 0 Å². The summed E-state index contributed by atoms with van der Waals surface area (Å²) in [5.41, 5.74) is 2.91. The zero-order valence-corrected chi connectivity index (χ0v) is 22.1. The first-order chi connectivity index (χ1) is 18.4. The Morgan fingerprint density at radius 3 is 2.63 bits per heavy atom. The summed E-state index contributed by atoms with van der Waals surface area (Å²) in [5, 5.41) is 15.1. The number of halogens is 2. The number of benzene rings is 2. The van der Waals surface area contributed by atoms with Crippen molar-refractivity contribution in [2.75, 3.05) is 18.5 Å². The van der Waals surface area contributed by atoms with E-state index in [1.54, 1.807) is 36.0 Å². The minimum Gasteiger partial charge on any atom is -0.465 e. The first-order valence-electron chi connectivity index (χ1n) is 12.0. The fourth-order valence-corrected chi connectivity index (χ4v) is 4.34. The molecule has 10 nitrogen and oxygen atoms in total. The number of rotatable bonds is 9. The van der Waals surface area contributed by atoms with Gasteiger partial charge in [0.1, 0.15) is 11.7 Å². The fourth-order valence-electron chi connectivity index (χ4n) is 4.03. The molecule has 0 radical (unpaired) electrons. The van der Waals surface area contributed by atoms with Crippen molar-refractivity contribution in [1.29, 1.82) is 0 Å². The largest absolute Gasteiger partial charge is 0.465 e. The van der Waals surface area contributed by atoms with Gasteiger partial charge in [0.15, 0.2) is 11.4 Å². The van der Waals surface area contributed by atoms with Crippen molar-refractivity contribution in [3.63, 3.8) is 0 Å². The summed E-state index contributed by atoms with van der Waals surface area (Å²) in [5.74, 6) is -0.524. The Bertz CT molecular complexity index is 1250. The second-order valence-electron chi connectivity index (χ2n) is 8.57. The molecule has 4 rings (SSSR count). The summed E-state index contributed by atoms with van der Waals surface area (Å²) in [7, 11) is 0. The Kier molecular flexibility index (Phi) is 9.59. The molecule has 1 aliphatic heterocycles. The third kappa shape index (κ3) is 7.24. The molecule has 2 amide bonds. The minimum absolute atomic E-state index is 0.0484. The summed E-state index contributed by atoms with van der Waals surface area (Å²) in [6, 6.07) is 14.0. The van der Waals surface area contributed by atoms with E-state index in [-0.39, 0.29) is 37.1 Å². The molecule has 3 atom stereocenters. The first kappa shape index (κ1) is 27.9. The molecule has 0 bridgehead atoms. The van der Waals surface area contributed by atoms with Crippen molar-refractivity contribution in [2.45, 2.75) is 45.0 Å². The Morgan fingerprint density at radius 2 is 1.95 bits per heavy atom. The molecule has 2 heterocycles. The monoisotopic (exact) mass is 562 g/mol. The first-order valence-corrected chi connectivity index (χ1v) is 12.8. The highest BCUT2D eigenvalue weighted by molar-refractivity contribution is 6.40. The van der Waals surface area contributed by atoms with Gasteiger partial charge in [-0.1, -0.05) is 59.6 Å². The van der Waals surface area contributed by atoms with Crippen molar-refractivity contribution in [3.8, 4) is 0 Å². The van der Waals surface area contributed by atoms with Crippen molar-refractivity contribution in [2.24, 2.45) is 0 Å². The maximum atomic E-state index is 12.2. The van der Waals surface area contributed by atoms with Gasteiger partial charge in [-0.3, -0.25) is 4.79 Å². The number of aliphatic hydroxyl groups excluding tert-OH is 1. The van der Waals surface area contributed by atoms with Gasteiger partial charge in [0.2, 0.25) is 0 Å². The molecule has 202 valence electrons. The standard InChI is InChI=1S/C26H28Cl2N4O6/c1-2-36-22(34)12-29-26(35)31-19-5-3-4-18(10-19)25-37-20(13-32-15-30-23(27)24(32)28)11-21(38-25)17-8-6-16(14-33)7-9-17/h3-10,15,20-21,25,33H,2,11-14H2,1H3,(H2,29,31,35). The van der Waals surface area contributed by atoms with Crippen LogP contribution in [0.3, 0.4) is 0 Å². The van der Waals surface area contributed by atoms with E-state index in [0.717, 1.165) is 11.1 Å². The van der Waals surface area contributed by atoms with E-state index < -0.39 is 18.3 Å². The molecule has 3 unspecified atom stereocenters. The highest BCUT2D eigenvalue weighted by atomic mass is 35.5. The number of hydrogen-bond donors (Lipinski definition) is 3. The van der Waals surface area contributed by atoms with Crippen LogP contribution in [0, 0.1) is 0 Å². The molecule has 1 fully saturated rings. The van der Waals surface area contributed by atoms with Crippen LogP contribution in [0.1, 0.15) is 42.4 Å². The lowest BCUT2D eigenvalue weighted by Crippen LogP contribution is -2.34. The van der Waals surface area contributed by atoms with E-state index in [1.807, 2.05) is 30.3 Å². The number of imidazole rings is 1. The van der Waals surface area contributed by atoms with Gasteiger partial charge in [0.25, 0.3) is 0 Å². The van der Waals surface area contributed by atoms with E-state index in [9.17, 15) is 14.7 Å². The van der Waals surface area contributed by atoms with Gasteiger partial charge in [-0.2, -0.15) is 0 Å². The van der Waals surface area contributed by atoms with Crippen LogP contribution in [0.15, 0.2) is 54.9 Å². The maximum absolute atomic E-state index is 12.2. The summed E-state index contributed by atoms with van der Waals surface area (Å²) >= 11 is 12.3. The number of urea groups is 1. The second kappa shape index (κ2) is 13.1. The van der Waals surface area contributed by atoms with E-state index in [0.29, 0.717) is 29.4 Å². The molecule has 3 N–H and O–H groups in total. The van der Waals surface area contributed by atoms with Crippen LogP contribution in [0.25, 0.3) is 0 Å². The van der Waals surface area contributed by atoms with Crippen molar-refractivity contribution >= 4 is 40.9 Å². The zero-order chi connectivity index (χ0) is 27.1. The lowest BCUT2D eigenvalue weighted by Gasteiger charge is -2.36. The number of ether oxygens (including phenoxy) is 3. The van der Waals surface area contributed by atoms with Gasteiger partial charge in [0.05, 0.1) is 38.3 Å². The number of aromatic nitrogens is 2. The second-order valence-corrected chi connectivity index (χ2v) is 9.28. The number of hydrogen-bond acceptors (Lipinski definition) is 7. The van der Waals surface area contributed by atoms with Crippen LogP contribution in [-0.2, 0) is 32.2 Å². The number of nitrogens with zero attached hydrogens (tertiary/aromatic N) is 2. The van der Waals surface area contributed by atoms with Crippen LogP contribution >= 0.6 is 23.2 Å². The molecule has 1 saturated heterocycles. The third-order valence-electron chi connectivity index (χ3n) is 5.86. The average Bonchev–Trinajstić information content (AvgIpc) is 3.24. The van der Waals surface area contributed by atoms with Crippen molar-refractivity contribution in [1.82, 2.24) is 14.9 Å². The highest BCUT2D eigenvalue weighted by Crippen LogP contribution is 2.39. The van der Waals surface area contributed by atoms with Gasteiger partial charge in [-0.05, 0) is 30.2 Å². The molecule has 0 saturated carbocycles. The summed E-state index contributed by atoms with van der Waals surface area (Å²) in [6.45, 7) is 2.04. The molecular weight excluding hydrogens is 535 g/mol. The van der Waals surface area contributed by atoms with E-state index in [1.165, 1.54) is 0 Å². The van der Waals surface area contributed by atoms with Gasteiger partial charge in [0, 0.05) is 17.7 Å².